The van der Waals surface area contributed by atoms with Gasteiger partial charge in [0.25, 0.3) is 0 Å². The van der Waals surface area contributed by atoms with E-state index in [9.17, 15) is 4.39 Å². The zero-order valence-electron chi connectivity index (χ0n) is 16.1. The van der Waals surface area contributed by atoms with Gasteiger partial charge in [-0.15, -0.1) is 35.3 Å². The van der Waals surface area contributed by atoms with Crippen molar-refractivity contribution in [2.75, 3.05) is 19.6 Å². The van der Waals surface area contributed by atoms with Crippen molar-refractivity contribution >= 4 is 41.3 Å². The number of guanidine groups is 1. The summed E-state index contributed by atoms with van der Waals surface area (Å²) >= 11 is 1.75. The topological polar surface area (TPSA) is 49.3 Å². The van der Waals surface area contributed by atoms with Crippen LogP contribution in [0, 0.1) is 19.7 Å². The Hall–Kier alpha value is -1.22. The Morgan fingerprint density at radius 2 is 2.00 bits per heavy atom. The van der Waals surface area contributed by atoms with E-state index in [0.29, 0.717) is 6.54 Å². The summed E-state index contributed by atoms with van der Waals surface area (Å²) in [6, 6.07) is 7.09. The quantitative estimate of drug-likeness (QED) is 0.337. The Morgan fingerprint density at radius 1 is 1.26 bits per heavy atom. The minimum Gasteiger partial charge on any atom is -0.357 e. The molecule has 2 aromatic rings. The Labute approximate surface area is 182 Å². The average Bonchev–Trinajstić information content (AvgIpc) is 3.33. The average molecular weight is 502 g/mol. The zero-order valence-corrected chi connectivity index (χ0v) is 19.3. The number of aryl methyl sites for hydroxylation is 2. The van der Waals surface area contributed by atoms with Gasteiger partial charge in [0.15, 0.2) is 5.96 Å². The first-order chi connectivity index (χ1) is 12.5. The Bertz CT molecular complexity index is 786. The second-order valence-electron chi connectivity index (χ2n) is 6.87. The van der Waals surface area contributed by atoms with Crippen LogP contribution in [0.3, 0.4) is 0 Å². The summed E-state index contributed by atoms with van der Waals surface area (Å²) in [5, 5.41) is 7.79. The van der Waals surface area contributed by atoms with Crippen molar-refractivity contribution in [2.24, 2.45) is 4.99 Å². The smallest absolute Gasteiger partial charge is 0.191 e. The first-order valence-electron chi connectivity index (χ1n) is 9.24. The summed E-state index contributed by atoms with van der Waals surface area (Å²) in [4.78, 5) is 10.5. The molecule has 7 heteroatoms. The van der Waals surface area contributed by atoms with Gasteiger partial charge in [0.2, 0.25) is 0 Å². The van der Waals surface area contributed by atoms with Crippen LogP contribution in [0.25, 0.3) is 0 Å². The molecule has 0 amide bonds. The number of hydrogen-bond donors (Lipinski definition) is 2. The van der Waals surface area contributed by atoms with E-state index in [-0.39, 0.29) is 35.2 Å². The van der Waals surface area contributed by atoms with Crippen LogP contribution in [0.2, 0.25) is 0 Å². The van der Waals surface area contributed by atoms with E-state index in [1.165, 1.54) is 4.88 Å². The number of nitrogens with one attached hydrogen (secondary N) is 2. The van der Waals surface area contributed by atoms with Crippen LogP contribution in [-0.2, 0) is 11.8 Å². The van der Waals surface area contributed by atoms with Gasteiger partial charge in [0.05, 0.1) is 17.2 Å². The molecule has 1 aromatic heterocycles. The zero-order chi connectivity index (χ0) is 18.6. The standard InChI is InChI=1S/C20H27FN4S.HI/c1-4-22-19(23-12-9-18-14(2)25-15(3)26-18)24-13-20(10-11-20)16-7-5-6-8-17(16)21;/h5-8H,4,9-13H2,1-3H3,(H2,22,23,24);1H. The number of hydrogen-bond acceptors (Lipinski definition) is 3. The lowest BCUT2D eigenvalue weighted by molar-refractivity contribution is 0.572. The maximum absolute atomic E-state index is 14.1. The first-order valence-corrected chi connectivity index (χ1v) is 10.1. The maximum Gasteiger partial charge on any atom is 0.191 e. The van der Waals surface area contributed by atoms with E-state index in [1.54, 1.807) is 23.5 Å². The van der Waals surface area contributed by atoms with E-state index in [4.69, 9.17) is 4.99 Å². The SMILES string of the molecule is CCNC(=NCC1(c2ccccc2F)CC1)NCCc1sc(C)nc1C.I. The van der Waals surface area contributed by atoms with Gasteiger partial charge in [-0.25, -0.2) is 9.37 Å². The highest BCUT2D eigenvalue weighted by Crippen LogP contribution is 2.49. The van der Waals surface area contributed by atoms with Gasteiger partial charge in [-0.1, -0.05) is 18.2 Å². The van der Waals surface area contributed by atoms with E-state index < -0.39 is 0 Å². The molecule has 0 bridgehead atoms. The number of aromatic nitrogens is 1. The number of rotatable bonds is 7. The molecule has 1 saturated carbocycles. The second-order valence-corrected chi connectivity index (χ2v) is 8.16. The molecular weight excluding hydrogens is 474 g/mol. The molecule has 1 aliphatic rings. The molecule has 1 fully saturated rings. The molecule has 27 heavy (non-hydrogen) atoms. The minimum absolute atomic E-state index is 0. The van der Waals surface area contributed by atoms with Crippen molar-refractivity contribution in [2.45, 2.75) is 45.4 Å². The van der Waals surface area contributed by atoms with Crippen molar-refractivity contribution in [1.82, 2.24) is 15.6 Å². The number of halogens is 2. The molecule has 0 spiro atoms. The van der Waals surface area contributed by atoms with E-state index in [2.05, 4.69) is 29.5 Å². The Kier molecular flexibility index (Phi) is 8.03. The molecule has 1 aromatic carbocycles. The summed E-state index contributed by atoms with van der Waals surface area (Å²) in [7, 11) is 0. The second kappa shape index (κ2) is 9.82. The van der Waals surface area contributed by atoms with Crippen molar-refractivity contribution in [3.05, 3.63) is 51.2 Å². The lowest BCUT2D eigenvalue weighted by Crippen LogP contribution is -2.39. The third-order valence-corrected chi connectivity index (χ3v) is 5.96. The monoisotopic (exact) mass is 502 g/mol. The van der Waals surface area contributed by atoms with E-state index in [1.807, 2.05) is 19.1 Å². The molecular formula is C20H28FIN4S. The third-order valence-electron chi connectivity index (χ3n) is 4.83. The van der Waals surface area contributed by atoms with Crippen LogP contribution in [0.1, 0.15) is 40.9 Å². The van der Waals surface area contributed by atoms with Crippen molar-refractivity contribution in [1.29, 1.82) is 0 Å². The fourth-order valence-corrected chi connectivity index (χ4v) is 4.16. The molecule has 1 aliphatic carbocycles. The van der Waals surface area contributed by atoms with Crippen LogP contribution >= 0.6 is 35.3 Å². The van der Waals surface area contributed by atoms with Crippen LogP contribution < -0.4 is 10.6 Å². The van der Waals surface area contributed by atoms with Crippen molar-refractivity contribution < 1.29 is 4.39 Å². The fraction of sp³-hybridized carbons (Fsp3) is 0.500. The summed E-state index contributed by atoms with van der Waals surface area (Å²) < 4.78 is 14.1. The van der Waals surface area contributed by atoms with Crippen LogP contribution in [0.5, 0.6) is 0 Å². The minimum atomic E-state index is -0.126. The first kappa shape index (κ1) is 22.1. The van der Waals surface area contributed by atoms with Crippen LogP contribution in [-0.4, -0.2) is 30.6 Å². The number of benzene rings is 1. The fourth-order valence-electron chi connectivity index (χ4n) is 3.23. The molecule has 0 radical (unpaired) electrons. The third kappa shape index (κ3) is 5.63. The predicted molar refractivity (Wildman–Crippen MR) is 122 cm³/mol. The summed E-state index contributed by atoms with van der Waals surface area (Å²) in [5.74, 6) is 0.684. The molecule has 0 saturated heterocycles. The van der Waals surface area contributed by atoms with Gasteiger partial charge in [0, 0.05) is 29.8 Å². The maximum atomic E-state index is 14.1. The van der Waals surface area contributed by atoms with E-state index >= 15 is 0 Å². The highest BCUT2D eigenvalue weighted by molar-refractivity contribution is 14.0. The lowest BCUT2D eigenvalue weighted by Gasteiger charge is -2.16. The molecule has 148 valence electrons. The van der Waals surface area contributed by atoms with Crippen LogP contribution in [0.15, 0.2) is 29.3 Å². The van der Waals surface area contributed by atoms with Crippen LogP contribution in [0.4, 0.5) is 4.39 Å². The molecule has 4 nitrogen and oxygen atoms in total. The van der Waals surface area contributed by atoms with Gasteiger partial charge in [0.1, 0.15) is 5.82 Å². The highest BCUT2D eigenvalue weighted by atomic mass is 127. The molecule has 0 unspecified atom stereocenters. The molecule has 3 rings (SSSR count). The largest absolute Gasteiger partial charge is 0.357 e. The Morgan fingerprint density at radius 3 is 2.59 bits per heavy atom. The van der Waals surface area contributed by atoms with E-state index in [0.717, 1.165) is 54.6 Å². The number of nitrogens with zero attached hydrogens (tertiary/aromatic N) is 2. The van der Waals surface area contributed by atoms with Gasteiger partial charge >= 0.3 is 0 Å². The molecule has 0 aliphatic heterocycles. The van der Waals surface area contributed by atoms with Gasteiger partial charge in [-0.3, -0.25) is 4.99 Å². The van der Waals surface area contributed by atoms with Crippen molar-refractivity contribution in [3.8, 4) is 0 Å². The molecule has 2 N–H and O–H groups in total. The summed E-state index contributed by atoms with van der Waals surface area (Å²) in [6.07, 6.45) is 2.92. The van der Waals surface area contributed by atoms with Gasteiger partial charge in [-0.05, 0) is 45.2 Å². The van der Waals surface area contributed by atoms with Crippen molar-refractivity contribution in [3.63, 3.8) is 0 Å². The van der Waals surface area contributed by atoms with Gasteiger partial charge < -0.3 is 10.6 Å². The van der Waals surface area contributed by atoms with Gasteiger partial charge in [-0.2, -0.15) is 0 Å². The normalized spacial score (nSPS) is 15.2. The summed E-state index contributed by atoms with van der Waals surface area (Å²) in [5.41, 5.74) is 1.79. The number of thiazole rings is 1. The summed E-state index contributed by atoms with van der Waals surface area (Å²) in [6.45, 7) is 8.37. The number of aliphatic imine (C=N–C) groups is 1. The Balaban J connectivity index is 0.00000261. The molecule has 0 atom stereocenters. The highest BCUT2D eigenvalue weighted by Gasteiger charge is 2.45. The lowest BCUT2D eigenvalue weighted by atomic mass is 9.95. The molecule has 1 heterocycles. The predicted octanol–water partition coefficient (Wildman–Crippen LogP) is 4.35.